The molecule has 14 heavy (non-hydrogen) atoms. The highest BCUT2D eigenvalue weighted by Crippen LogP contribution is 2.31. The minimum atomic E-state index is -0.983. The van der Waals surface area contributed by atoms with E-state index in [2.05, 4.69) is 0 Å². The molecule has 2 unspecified atom stereocenters. The van der Waals surface area contributed by atoms with Crippen LogP contribution >= 0.6 is 0 Å². The van der Waals surface area contributed by atoms with Gasteiger partial charge in [-0.15, -0.1) is 0 Å². The molecule has 0 bridgehead atoms. The molecule has 1 fully saturated rings. The molecule has 1 heterocycles. The third-order valence-corrected chi connectivity index (χ3v) is 3.01. The van der Waals surface area contributed by atoms with E-state index in [4.69, 9.17) is 9.84 Å². The first-order valence-electron chi connectivity index (χ1n) is 5.11. The van der Waals surface area contributed by atoms with Gasteiger partial charge in [0.05, 0.1) is 18.8 Å². The van der Waals surface area contributed by atoms with Crippen LogP contribution in [-0.2, 0) is 4.74 Å². The lowest BCUT2D eigenvalue weighted by atomic mass is 9.80. The Hall–Kier alpha value is -0.160. The lowest BCUT2D eigenvalue weighted by Crippen LogP contribution is -2.56. The van der Waals surface area contributed by atoms with Gasteiger partial charge >= 0.3 is 0 Å². The summed E-state index contributed by atoms with van der Waals surface area (Å²) >= 11 is 0. The molecule has 0 radical (unpaired) electrons. The smallest absolute Gasteiger partial charge is 0.109 e. The summed E-state index contributed by atoms with van der Waals surface area (Å²) in [7, 11) is 0. The molecule has 0 aromatic rings. The zero-order valence-electron chi connectivity index (χ0n) is 8.92. The highest BCUT2D eigenvalue weighted by Gasteiger charge is 2.43. The molecule has 0 saturated carbocycles. The van der Waals surface area contributed by atoms with Gasteiger partial charge in [0.2, 0.25) is 0 Å². The van der Waals surface area contributed by atoms with Crippen LogP contribution in [0.5, 0.6) is 0 Å². The number of ether oxygens (including phenoxy) is 1. The first kappa shape index (κ1) is 11.9. The first-order chi connectivity index (χ1) is 6.49. The zero-order chi connectivity index (χ0) is 10.9. The average molecular weight is 204 g/mol. The Bertz CT molecular complexity index is 183. The van der Waals surface area contributed by atoms with E-state index in [0.717, 1.165) is 0 Å². The maximum atomic E-state index is 9.84. The normalized spacial score (nSPS) is 44.4. The monoisotopic (exact) mass is 204 g/mol. The van der Waals surface area contributed by atoms with Gasteiger partial charge in [0.1, 0.15) is 12.2 Å². The van der Waals surface area contributed by atoms with E-state index in [1.54, 1.807) is 0 Å². The summed E-state index contributed by atoms with van der Waals surface area (Å²) in [6.07, 6.45) is -2.58. The van der Waals surface area contributed by atoms with Crippen LogP contribution in [0.1, 0.15) is 20.8 Å². The largest absolute Gasteiger partial charge is 0.394 e. The first-order valence-corrected chi connectivity index (χ1v) is 5.11. The Morgan fingerprint density at radius 1 is 1.21 bits per heavy atom. The van der Waals surface area contributed by atoms with E-state index in [9.17, 15) is 10.2 Å². The molecule has 1 aliphatic rings. The van der Waals surface area contributed by atoms with Gasteiger partial charge in [0, 0.05) is 5.92 Å². The van der Waals surface area contributed by atoms with Crippen molar-refractivity contribution in [2.45, 2.75) is 45.2 Å². The fourth-order valence-electron chi connectivity index (χ4n) is 2.26. The van der Waals surface area contributed by atoms with E-state index in [0.29, 0.717) is 0 Å². The highest BCUT2D eigenvalue weighted by molar-refractivity contribution is 4.91. The summed E-state index contributed by atoms with van der Waals surface area (Å²) in [4.78, 5) is 0. The molecular formula is C10H20O4. The van der Waals surface area contributed by atoms with E-state index in [1.165, 1.54) is 0 Å². The summed E-state index contributed by atoms with van der Waals surface area (Å²) in [6.45, 7) is 5.58. The second-order valence-electron chi connectivity index (χ2n) is 4.36. The van der Waals surface area contributed by atoms with E-state index in [-0.39, 0.29) is 24.5 Å². The van der Waals surface area contributed by atoms with Crippen molar-refractivity contribution in [1.82, 2.24) is 0 Å². The average Bonchev–Trinajstić information content (AvgIpc) is 2.10. The third-order valence-electron chi connectivity index (χ3n) is 3.01. The van der Waals surface area contributed by atoms with E-state index < -0.39 is 18.3 Å². The van der Waals surface area contributed by atoms with Gasteiger partial charge in [-0.25, -0.2) is 0 Å². The fourth-order valence-corrected chi connectivity index (χ4v) is 2.26. The van der Waals surface area contributed by atoms with Crippen molar-refractivity contribution >= 4 is 0 Å². The summed E-state index contributed by atoms with van der Waals surface area (Å²) in [6, 6.07) is 0. The Kier molecular flexibility index (Phi) is 3.89. The third kappa shape index (κ3) is 2.08. The number of rotatable bonds is 2. The molecule has 4 heteroatoms. The van der Waals surface area contributed by atoms with Crippen molar-refractivity contribution in [3.05, 3.63) is 0 Å². The number of hydrogen-bond donors (Lipinski definition) is 3. The maximum Gasteiger partial charge on any atom is 0.109 e. The molecule has 1 saturated heterocycles. The molecule has 0 aromatic carbocycles. The van der Waals surface area contributed by atoms with Crippen LogP contribution in [0.2, 0.25) is 0 Å². The van der Waals surface area contributed by atoms with Crippen molar-refractivity contribution in [3.63, 3.8) is 0 Å². The van der Waals surface area contributed by atoms with Crippen LogP contribution in [-0.4, -0.2) is 46.3 Å². The second-order valence-corrected chi connectivity index (χ2v) is 4.36. The molecule has 4 nitrogen and oxygen atoms in total. The van der Waals surface area contributed by atoms with Crippen molar-refractivity contribution in [3.8, 4) is 0 Å². The number of aliphatic hydroxyl groups excluding tert-OH is 3. The molecule has 0 spiro atoms. The Morgan fingerprint density at radius 2 is 1.79 bits per heavy atom. The standard InChI is InChI=1S/C10H20O4/c1-5(2)8-6(3)14-7(4-11)9(12)10(8)13/h5-13H,4H2,1-3H3/t6-,7?,8?,9+,10-/m0/s1. The van der Waals surface area contributed by atoms with Gasteiger partial charge in [-0.05, 0) is 12.8 Å². The van der Waals surface area contributed by atoms with Crippen molar-refractivity contribution in [2.75, 3.05) is 6.61 Å². The summed E-state index contributed by atoms with van der Waals surface area (Å²) in [5.41, 5.74) is 0. The fraction of sp³-hybridized carbons (Fsp3) is 1.00. The summed E-state index contributed by atoms with van der Waals surface area (Å²) < 4.78 is 5.43. The molecule has 5 atom stereocenters. The lowest BCUT2D eigenvalue weighted by Gasteiger charge is -2.43. The predicted molar refractivity (Wildman–Crippen MR) is 51.8 cm³/mol. The molecular weight excluding hydrogens is 184 g/mol. The topological polar surface area (TPSA) is 69.9 Å². The highest BCUT2D eigenvalue weighted by atomic mass is 16.5. The van der Waals surface area contributed by atoms with Crippen LogP contribution in [0.25, 0.3) is 0 Å². The van der Waals surface area contributed by atoms with Crippen LogP contribution in [0, 0.1) is 11.8 Å². The van der Waals surface area contributed by atoms with Crippen molar-refractivity contribution < 1.29 is 20.1 Å². The van der Waals surface area contributed by atoms with Crippen LogP contribution in [0.4, 0.5) is 0 Å². The van der Waals surface area contributed by atoms with Crippen LogP contribution < -0.4 is 0 Å². The van der Waals surface area contributed by atoms with Crippen LogP contribution in [0.15, 0.2) is 0 Å². The molecule has 84 valence electrons. The SMILES string of the molecule is CC(C)C1[C@H](C)OC(CO)[C@@H](O)[C@H]1O. The summed E-state index contributed by atoms with van der Waals surface area (Å²) in [5, 5.41) is 28.4. The second kappa shape index (κ2) is 4.57. The Morgan fingerprint density at radius 3 is 2.21 bits per heavy atom. The van der Waals surface area contributed by atoms with Gasteiger partial charge in [0.15, 0.2) is 0 Å². The summed E-state index contributed by atoms with van der Waals surface area (Å²) in [5.74, 6) is 0.169. The minimum absolute atomic E-state index is 0.0761. The van der Waals surface area contributed by atoms with Gasteiger partial charge in [-0.3, -0.25) is 0 Å². The van der Waals surface area contributed by atoms with Crippen molar-refractivity contribution in [2.24, 2.45) is 11.8 Å². The van der Waals surface area contributed by atoms with Crippen LogP contribution in [0.3, 0.4) is 0 Å². The lowest BCUT2D eigenvalue weighted by molar-refractivity contribution is -0.212. The molecule has 0 aromatic heterocycles. The van der Waals surface area contributed by atoms with E-state index in [1.807, 2.05) is 20.8 Å². The van der Waals surface area contributed by atoms with E-state index >= 15 is 0 Å². The van der Waals surface area contributed by atoms with Gasteiger partial charge < -0.3 is 20.1 Å². The predicted octanol–water partition coefficient (Wildman–Crippen LogP) is -0.240. The molecule has 0 amide bonds. The Labute approximate surface area is 84.5 Å². The Balaban J connectivity index is 2.74. The van der Waals surface area contributed by atoms with Gasteiger partial charge in [0.25, 0.3) is 0 Å². The quantitative estimate of drug-likeness (QED) is 0.580. The van der Waals surface area contributed by atoms with Gasteiger partial charge in [-0.2, -0.15) is 0 Å². The number of hydrogen-bond acceptors (Lipinski definition) is 4. The molecule has 0 aliphatic carbocycles. The maximum absolute atomic E-state index is 9.84. The molecule has 1 aliphatic heterocycles. The van der Waals surface area contributed by atoms with Crippen molar-refractivity contribution in [1.29, 1.82) is 0 Å². The molecule has 1 rings (SSSR count). The number of aliphatic hydroxyl groups is 3. The zero-order valence-corrected chi connectivity index (χ0v) is 8.92. The minimum Gasteiger partial charge on any atom is -0.394 e. The molecule has 3 N–H and O–H groups in total. The van der Waals surface area contributed by atoms with Gasteiger partial charge in [-0.1, -0.05) is 13.8 Å².